The predicted octanol–water partition coefficient (Wildman–Crippen LogP) is -0.350. The van der Waals surface area contributed by atoms with Gasteiger partial charge in [-0.3, -0.25) is 4.90 Å². The number of nitro groups is 1. The number of nitrogens with one attached hydrogen (secondary N) is 1. The minimum atomic E-state index is -0.821. The molecule has 0 aliphatic carbocycles. The van der Waals surface area contributed by atoms with Crippen LogP contribution >= 0.6 is 0 Å². The van der Waals surface area contributed by atoms with Crippen LogP contribution in [0.5, 0.6) is 0 Å². The molecule has 0 amide bonds. The molecule has 0 bridgehead atoms. The van der Waals surface area contributed by atoms with Crippen molar-refractivity contribution in [3.8, 4) is 0 Å². The van der Waals surface area contributed by atoms with Crippen LogP contribution in [0.2, 0.25) is 0 Å². The maximum absolute atomic E-state index is 10.1. The van der Waals surface area contributed by atoms with Crippen molar-refractivity contribution in [3.63, 3.8) is 0 Å². The van der Waals surface area contributed by atoms with E-state index in [0.717, 1.165) is 19.2 Å². The average Bonchev–Trinajstić information content (AvgIpc) is 2.04. The third kappa shape index (κ3) is 2.83. The number of hydrogen-bond donors (Lipinski definition) is 1. The monoisotopic (exact) mass is 183 g/mol. The smallest absolute Gasteiger partial charge is 0.182 e. The molecule has 1 heterocycles. The first-order valence-electron chi connectivity index (χ1n) is 3.93. The maximum Gasteiger partial charge on any atom is 0.182 e. The van der Waals surface area contributed by atoms with Crippen molar-refractivity contribution in [1.29, 1.82) is 0 Å². The van der Waals surface area contributed by atoms with E-state index in [1.54, 1.807) is 0 Å². The summed E-state index contributed by atoms with van der Waals surface area (Å²) in [4.78, 5) is 11.3. The van der Waals surface area contributed by atoms with E-state index in [0.29, 0.717) is 12.2 Å². The zero-order chi connectivity index (χ0) is 9.84. The van der Waals surface area contributed by atoms with E-state index < -0.39 is 10.8 Å². The summed E-state index contributed by atoms with van der Waals surface area (Å²) in [5.74, 6) is -0.821. The molecule has 72 valence electrons. The number of nitrogens with zero attached hydrogens (tertiary/aromatic N) is 3. The van der Waals surface area contributed by atoms with Crippen LogP contribution in [0.1, 0.15) is 0 Å². The first-order chi connectivity index (χ1) is 6.09. The van der Waals surface area contributed by atoms with E-state index in [1.807, 2.05) is 11.9 Å². The molecule has 0 aromatic carbocycles. The molecule has 6 nitrogen and oxygen atoms in total. The third-order valence-corrected chi connectivity index (χ3v) is 1.78. The van der Waals surface area contributed by atoms with E-state index in [1.165, 1.54) is 0 Å². The van der Waals surface area contributed by atoms with E-state index in [4.69, 9.17) is 5.41 Å². The van der Waals surface area contributed by atoms with Gasteiger partial charge in [0.15, 0.2) is 5.84 Å². The SMILES string of the molecule is CN1CCN/C(=C\C(=[N-])[N+](=O)[O-])C1. The Kier molecular flexibility index (Phi) is 2.97. The quantitative estimate of drug-likeness (QED) is 0.261. The number of amidine groups is 1. The Morgan fingerprint density at radius 2 is 2.54 bits per heavy atom. The lowest BCUT2D eigenvalue weighted by Crippen LogP contribution is -2.40. The van der Waals surface area contributed by atoms with Crippen molar-refractivity contribution in [2.24, 2.45) is 0 Å². The van der Waals surface area contributed by atoms with Crippen LogP contribution in [0.15, 0.2) is 11.8 Å². The Bertz CT molecular complexity index is 261. The molecule has 1 aliphatic heterocycles. The normalized spacial score (nSPS) is 21.2. The fourth-order valence-corrected chi connectivity index (χ4v) is 1.14. The summed E-state index contributed by atoms with van der Waals surface area (Å²) in [6.45, 7) is 2.24. The van der Waals surface area contributed by atoms with Gasteiger partial charge in [0, 0.05) is 31.4 Å². The predicted molar refractivity (Wildman–Crippen MR) is 48.9 cm³/mol. The summed E-state index contributed by atoms with van der Waals surface area (Å²) in [5, 5.41) is 21.9. The molecule has 13 heavy (non-hydrogen) atoms. The van der Waals surface area contributed by atoms with Crippen molar-refractivity contribution >= 4 is 5.84 Å². The van der Waals surface area contributed by atoms with Gasteiger partial charge in [-0.2, -0.15) is 4.92 Å². The molecule has 1 rings (SSSR count). The maximum atomic E-state index is 10.1. The largest absolute Gasteiger partial charge is 0.459 e. The van der Waals surface area contributed by atoms with Gasteiger partial charge in [0.2, 0.25) is 0 Å². The van der Waals surface area contributed by atoms with Gasteiger partial charge < -0.3 is 15.4 Å². The van der Waals surface area contributed by atoms with E-state index in [2.05, 4.69) is 5.32 Å². The highest BCUT2D eigenvalue weighted by Crippen LogP contribution is 1.99. The Balaban J connectivity index is 2.60. The molecular formula is C7H11N4O2-. The highest BCUT2D eigenvalue weighted by molar-refractivity contribution is 5.89. The van der Waals surface area contributed by atoms with E-state index in [-0.39, 0.29) is 0 Å². The zero-order valence-corrected chi connectivity index (χ0v) is 7.36. The molecule has 0 saturated carbocycles. The summed E-state index contributed by atoms with van der Waals surface area (Å²) < 4.78 is 0. The lowest BCUT2D eigenvalue weighted by Gasteiger charge is -2.26. The van der Waals surface area contributed by atoms with Crippen molar-refractivity contribution in [2.45, 2.75) is 0 Å². The molecule has 0 unspecified atom stereocenters. The van der Waals surface area contributed by atoms with Crippen molar-refractivity contribution in [2.75, 3.05) is 26.7 Å². The van der Waals surface area contributed by atoms with Crippen LogP contribution in [-0.4, -0.2) is 42.3 Å². The minimum Gasteiger partial charge on any atom is -0.459 e. The molecule has 0 spiro atoms. The number of hydrogen-bond acceptors (Lipinski definition) is 4. The second kappa shape index (κ2) is 3.99. The van der Waals surface area contributed by atoms with Gasteiger partial charge in [-0.1, -0.05) is 0 Å². The van der Waals surface area contributed by atoms with Gasteiger partial charge in [-0.05, 0) is 7.05 Å². The topological polar surface area (TPSA) is 80.7 Å². The Morgan fingerprint density at radius 3 is 3.08 bits per heavy atom. The van der Waals surface area contributed by atoms with Gasteiger partial charge in [0.05, 0.1) is 0 Å². The molecule has 0 aromatic rings. The van der Waals surface area contributed by atoms with E-state index in [9.17, 15) is 10.1 Å². The molecule has 6 heteroatoms. The highest BCUT2D eigenvalue weighted by Gasteiger charge is 2.09. The second-order valence-corrected chi connectivity index (χ2v) is 2.95. The second-order valence-electron chi connectivity index (χ2n) is 2.95. The van der Waals surface area contributed by atoms with Crippen LogP contribution < -0.4 is 5.32 Å². The van der Waals surface area contributed by atoms with E-state index >= 15 is 0 Å². The molecule has 1 fully saturated rings. The van der Waals surface area contributed by atoms with Crippen molar-refractivity contribution in [1.82, 2.24) is 10.2 Å². The molecule has 0 atom stereocenters. The van der Waals surface area contributed by atoms with Crippen LogP contribution in [0.4, 0.5) is 0 Å². The Hall–Kier alpha value is -1.43. The van der Waals surface area contributed by atoms with Gasteiger partial charge in [0.25, 0.3) is 0 Å². The summed E-state index contributed by atoms with van der Waals surface area (Å²) in [5.41, 5.74) is 0.669. The molecule has 0 radical (unpaired) electrons. The molecule has 0 aromatic heterocycles. The summed E-state index contributed by atoms with van der Waals surface area (Å²) in [6.07, 6.45) is 1.15. The lowest BCUT2D eigenvalue weighted by molar-refractivity contribution is -0.345. The van der Waals surface area contributed by atoms with Gasteiger partial charge in [-0.25, -0.2) is 0 Å². The van der Waals surface area contributed by atoms with Crippen LogP contribution in [0, 0.1) is 10.1 Å². The molecule has 1 aliphatic rings. The number of likely N-dealkylation sites (N-methyl/N-ethyl adjacent to an activating group) is 1. The fourth-order valence-electron chi connectivity index (χ4n) is 1.14. The minimum absolute atomic E-state index is 0.595. The Morgan fingerprint density at radius 1 is 1.85 bits per heavy atom. The summed E-state index contributed by atoms with van der Waals surface area (Å²) in [7, 11) is 1.91. The van der Waals surface area contributed by atoms with Crippen LogP contribution in [0.25, 0.3) is 5.41 Å². The number of piperazine rings is 1. The molecule has 1 N–H and O–H groups in total. The lowest BCUT2D eigenvalue weighted by atomic mass is 10.3. The van der Waals surface area contributed by atoms with Gasteiger partial charge >= 0.3 is 0 Å². The standard InChI is InChI=1S/C7H11N4O2/c1-10-3-2-9-6(5-10)4-7(8)11(12)13/h4,9H,2-3,5H2,1H3/q-1/b6-4-. The highest BCUT2D eigenvalue weighted by atomic mass is 16.6. The zero-order valence-electron chi connectivity index (χ0n) is 7.36. The summed E-state index contributed by atoms with van der Waals surface area (Å²) in [6, 6.07) is 0. The van der Waals surface area contributed by atoms with Gasteiger partial charge in [-0.15, -0.1) is 5.41 Å². The number of rotatable bonds is 1. The fraction of sp³-hybridized carbons (Fsp3) is 0.571. The summed E-state index contributed by atoms with van der Waals surface area (Å²) >= 11 is 0. The van der Waals surface area contributed by atoms with Crippen molar-refractivity contribution in [3.05, 3.63) is 27.3 Å². The van der Waals surface area contributed by atoms with Crippen LogP contribution in [-0.2, 0) is 0 Å². The van der Waals surface area contributed by atoms with Crippen molar-refractivity contribution < 1.29 is 4.92 Å². The van der Waals surface area contributed by atoms with Crippen LogP contribution in [0.3, 0.4) is 0 Å². The molecule has 1 saturated heterocycles. The first kappa shape index (κ1) is 9.66. The Labute approximate surface area is 75.9 Å². The first-order valence-corrected chi connectivity index (χ1v) is 3.93. The third-order valence-electron chi connectivity index (χ3n) is 1.78. The molecular weight excluding hydrogens is 172 g/mol. The average molecular weight is 183 g/mol. The van der Waals surface area contributed by atoms with Gasteiger partial charge in [0.1, 0.15) is 0 Å².